The number of phosphoric ester groups is 3. The first-order valence-corrected chi connectivity index (χ1v) is 25.7. The highest BCUT2D eigenvalue weighted by Gasteiger charge is 2.50. The zero-order valence-corrected chi connectivity index (χ0v) is 35.0. The maximum atomic E-state index is 12.7. The van der Waals surface area contributed by atoms with Crippen molar-refractivity contribution in [3.05, 3.63) is 24.4 Å². The topological polar surface area (TPSA) is 347 Å². The lowest BCUT2D eigenvalue weighted by Gasteiger charge is -2.30. The van der Waals surface area contributed by atoms with Crippen molar-refractivity contribution in [2.24, 2.45) is 5.41 Å². The van der Waals surface area contributed by atoms with E-state index in [9.17, 15) is 53.1 Å². The van der Waals surface area contributed by atoms with Crippen LogP contribution in [0.3, 0.4) is 0 Å². The Morgan fingerprint density at radius 3 is 2.42 bits per heavy atom. The van der Waals surface area contributed by atoms with E-state index in [1.165, 1.54) is 13.8 Å². The SMILES string of the molecule is CC(C)(COP(=O)(O)OP(=O)(O)OC[C@H]1O[C@@H](n2cnc3c(N)ncnc32)[C@H](O)[C@@H]1OP(=O)(O)O)[C@@H](O)C(=O)NCCC(=O)NCCSCC=C[Si](C)(C)C. The number of thioether (sulfide) groups is 1. The fourth-order valence-corrected chi connectivity index (χ4v) is 9.23. The summed E-state index contributed by atoms with van der Waals surface area (Å²) >= 11 is 1.66. The number of phosphoric acid groups is 3. The number of aliphatic hydroxyl groups excluding tert-OH is 2. The van der Waals surface area contributed by atoms with Gasteiger partial charge in [0.05, 0.1) is 27.6 Å². The van der Waals surface area contributed by atoms with E-state index in [0.717, 1.165) is 23.0 Å². The number of aromatic nitrogens is 4. The number of carbonyl (C=O) groups is 2. The molecule has 10 N–H and O–H groups in total. The summed E-state index contributed by atoms with van der Waals surface area (Å²) in [6.07, 6.45) is -4.59. The molecule has 1 aliphatic rings. The molecule has 0 aromatic carbocycles. The molecule has 2 aromatic heterocycles. The smallest absolute Gasteiger partial charge is 0.386 e. The van der Waals surface area contributed by atoms with Crippen LogP contribution < -0.4 is 16.4 Å². The Balaban J connectivity index is 1.49. The van der Waals surface area contributed by atoms with Crippen molar-refractivity contribution in [3.63, 3.8) is 0 Å². The number of rotatable bonds is 22. The van der Waals surface area contributed by atoms with Crippen LogP contribution in [0.15, 0.2) is 24.4 Å². The lowest BCUT2D eigenvalue weighted by atomic mass is 9.87. The molecule has 2 aromatic rings. The van der Waals surface area contributed by atoms with Gasteiger partial charge >= 0.3 is 23.5 Å². The van der Waals surface area contributed by atoms with Crippen molar-refractivity contribution in [2.45, 2.75) is 70.6 Å². The number of nitrogens with zero attached hydrogens (tertiary/aromatic N) is 4. The molecular formula is C27H48N7O16P3SSi. The lowest BCUT2D eigenvalue weighted by molar-refractivity contribution is -0.137. The third kappa shape index (κ3) is 15.3. The number of ether oxygens (including phenoxy) is 1. The van der Waals surface area contributed by atoms with E-state index in [1.807, 2.05) is 0 Å². The zero-order valence-electron chi connectivity index (χ0n) is 30.5. The van der Waals surface area contributed by atoms with E-state index in [4.69, 9.17) is 19.5 Å². The quantitative estimate of drug-likeness (QED) is 0.0443. The predicted molar refractivity (Wildman–Crippen MR) is 199 cm³/mol. The lowest BCUT2D eigenvalue weighted by Crippen LogP contribution is -2.46. The Morgan fingerprint density at radius 2 is 1.76 bits per heavy atom. The van der Waals surface area contributed by atoms with Gasteiger partial charge in [0.2, 0.25) is 11.8 Å². The second-order valence-electron chi connectivity index (χ2n) is 13.9. The standard InChI is InChI=1S/C27H48N7O16P3SSi/c1-27(2,22(37)25(38)30-8-7-18(35)29-9-11-54-10-6-12-55(3,4)5)14-47-53(44,45)50-52(42,43)46-13-17-21(49-51(39,40)41)20(36)26(48-17)34-16-33-19-23(28)31-15-32-24(19)34/h6,12,15-17,20-22,26,36-37H,7-11,13-14H2,1-5H3,(H,29,35)(H,30,38)(H,42,43)(H,44,45)(H2,28,31,32)(H2,39,40,41)/t17-,20-,21-,22+,26-/m1/s1. The Labute approximate surface area is 321 Å². The van der Waals surface area contributed by atoms with Crippen LogP contribution in [0.25, 0.3) is 11.2 Å². The van der Waals surface area contributed by atoms with Crippen molar-refractivity contribution in [3.8, 4) is 0 Å². The van der Waals surface area contributed by atoms with Gasteiger partial charge in [-0.1, -0.05) is 45.3 Å². The summed E-state index contributed by atoms with van der Waals surface area (Å²) in [5.41, 5.74) is 6.56. The minimum atomic E-state index is -5.55. The number of fused-ring (bicyclic) bond motifs is 1. The molecule has 2 unspecified atom stereocenters. The summed E-state index contributed by atoms with van der Waals surface area (Å²) < 4.78 is 62.1. The molecule has 0 bridgehead atoms. The molecule has 1 saturated heterocycles. The number of amides is 2. The molecular weight excluding hydrogens is 831 g/mol. The Morgan fingerprint density at radius 1 is 1.09 bits per heavy atom. The molecule has 55 heavy (non-hydrogen) atoms. The van der Waals surface area contributed by atoms with Crippen molar-refractivity contribution in [1.82, 2.24) is 30.2 Å². The molecule has 0 aliphatic carbocycles. The second-order valence-corrected chi connectivity index (χ2v) is 24.4. The van der Waals surface area contributed by atoms with Gasteiger partial charge in [-0.15, -0.1) is 0 Å². The number of nitrogen functional groups attached to an aromatic ring is 1. The third-order valence-corrected chi connectivity index (χ3v) is 12.7. The molecule has 1 aliphatic heterocycles. The fraction of sp³-hybridized carbons (Fsp3) is 0.667. The van der Waals surface area contributed by atoms with Gasteiger partial charge in [-0.25, -0.2) is 28.6 Å². The number of aliphatic hydroxyl groups is 2. The van der Waals surface area contributed by atoms with Crippen LogP contribution in [0, 0.1) is 5.41 Å². The number of carbonyl (C=O) groups excluding carboxylic acids is 2. The Bertz CT molecular complexity index is 1810. The molecule has 23 nitrogen and oxygen atoms in total. The van der Waals surface area contributed by atoms with E-state index in [2.05, 4.69) is 65.8 Å². The van der Waals surface area contributed by atoms with Crippen molar-refractivity contribution in [2.75, 3.05) is 43.5 Å². The van der Waals surface area contributed by atoms with Crippen LogP contribution in [0.1, 0.15) is 26.5 Å². The molecule has 1 fully saturated rings. The highest BCUT2D eigenvalue weighted by Crippen LogP contribution is 2.61. The Hall–Kier alpha value is -2.15. The monoisotopic (exact) mass is 879 g/mol. The van der Waals surface area contributed by atoms with Gasteiger partial charge in [-0.2, -0.15) is 16.1 Å². The third-order valence-electron chi connectivity index (χ3n) is 7.48. The number of hydrogen-bond donors (Lipinski definition) is 9. The molecule has 3 rings (SSSR count). The summed E-state index contributed by atoms with van der Waals surface area (Å²) in [6, 6.07) is 0. The van der Waals surface area contributed by atoms with Gasteiger partial charge in [-0.3, -0.25) is 27.7 Å². The molecule has 0 radical (unpaired) electrons. The number of nitrogens with one attached hydrogen (secondary N) is 2. The fourth-order valence-electron chi connectivity index (χ4n) is 4.76. The van der Waals surface area contributed by atoms with E-state index >= 15 is 0 Å². The molecule has 0 spiro atoms. The van der Waals surface area contributed by atoms with Gasteiger partial charge in [0, 0.05) is 36.4 Å². The zero-order chi connectivity index (χ0) is 41.4. The van der Waals surface area contributed by atoms with E-state index in [0.29, 0.717) is 12.3 Å². The average Bonchev–Trinajstić information content (AvgIpc) is 3.61. The normalized spacial score (nSPS) is 22.4. The number of anilines is 1. The molecule has 0 saturated carbocycles. The first-order valence-electron chi connectivity index (χ1n) is 16.5. The van der Waals surface area contributed by atoms with Gasteiger partial charge < -0.3 is 50.9 Å². The second kappa shape index (κ2) is 19.5. The number of nitrogens with two attached hydrogens (primary N) is 1. The minimum Gasteiger partial charge on any atom is -0.386 e. The largest absolute Gasteiger partial charge is 0.481 e. The van der Waals surface area contributed by atoms with Gasteiger partial charge in [0.15, 0.2) is 17.7 Å². The van der Waals surface area contributed by atoms with E-state index < -0.39 is 86.7 Å². The van der Waals surface area contributed by atoms with Gasteiger partial charge in [0.25, 0.3) is 0 Å². The average molecular weight is 880 g/mol. The van der Waals surface area contributed by atoms with E-state index in [-0.39, 0.29) is 35.9 Å². The van der Waals surface area contributed by atoms with Crippen LogP contribution >= 0.6 is 35.2 Å². The molecule has 312 valence electrons. The first kappa shape index (κ1) is 47.2. The molecule has 3 heterocycles. The Kier molecular flexibility index (Phi) is 16.8. The van der Waals surface area contributed by atoms with Crippen LogP contribution in [-0.4, -0.2) is 131 Å². The minimum absolute atomic E-state index is 0.0346. The van der Waals surface area contributed by atoms with Crippen LogP contribution in [0.5, 0.6) is 0 Å². The van der Waals surface area contributed by atoms with Gasteiger partial charge in [0.1, 0.15) is 36.3 Å². The van der Waals surface area contributed by atoms with Crippen LogP contribution in [0.2, 0.25) is 19.6 Å². The summed E-state index contributed by atoms with van der Waals surface area (Å²) in [4.78, 5) is 75.6. The summed E-state index contributed by atoms with van der Waals surface area (Å²) in [5.74, 6) is 0.245. The van der Waals surface area contributed by atoms with Crippen molar-refractivity contribution >= 4 is 72.1 Å². The van der Waals surface area contributed by atoms with Crippen molar-refractivity contribution in [1.29, 1.82) is 0 Å². The summed E-state index contributed by atoms with van der Waals surface area (Å²) in [5, 5.41) is 26.6. The highest BCUT2D eigenvalue weighted by atomic mass is 32.2. The van der Waals surface area contributed by atoms with Crippen LogP contribution in [0.4, 0.5) is 5.82 Å². The molecule has 2 amide bonds. The molecule has 7 atom stereocenters. The van der Waals surface area contributed by atoms with E-state index in [1.54, 1.807) is 11.8 Å². The number of hydrogen-bond acceptors (Lipinski definition) is 17. The summed E-state index contributed by atoms with van der Waals surface area (Å²) in [7, 11) is -17.6. The maximum absolute atomic E-state index is 12.7. The molecule has 28 heteroatoms. The predicted octanol–water partition coefficient (Wildman–Crippen LogP) is 0.572. The summed E-state index contributed by atoms with van der Waals surface area (Å²) in [6.45, 7) is 7.58. The van der Waals surface area contributed by atoms with Gasteiger partial charge in [-0.05, 0) is 0 Å². The first-order chi connectivity index (χ1) is 25.3. The van der Waals surface area contributed by atoms with Crippen LogP contribution in [-0.2, 0) is 45.9 Å². The highest BCUT2D eigenvalue weighted by molar-refractivity contribution is 7.99. The number of imidazole rings is 1. The van der Waals surface area contributed by atoms with Crippen molar-refractivity contribution < 1.29 is 75.7 Å². The maximum Gasteiger partial charge on any atom is 0.481 e.